The fraction of sp³-hybridized carbons (Fsp3) is 0.261. The Bertz CT molecular complexity index is 1160. The number of pyridine rings is 3. The van der Waals surface area contributed by atoms with Crippen LogP contribution in [0.1, 0.15) is 40.7 Å². The maximum absolute atomic E-state index is 13.1. The Balaban J connectivity index is 1.62. The summed E-state index contributed by atoms with van der Waals surface area (Å²) in [4.78, 5) is 39.8. The molecule has 0 spiro atoms. The Morgan fingerprint density at radius 2 is 1.94 bits per heavy atom. The van der Waals surface area contributed by atoms with Crippen molar-refractivity contribution in [3.05, 3.63) is 60.2 Å². The summed E-state index contributed by atoms with van der Waals surface area (Å²) in [5.41, 5.74) is 15.2. The highest BCUT2D eigenvalue weighted by molar-refractivity contribution is 6.08. The number of Topliss-reactive ketones (excluding diaryl/α,β-unsaturated/α-hetero) is 1. The first-order chi connectivity index (χ1) is 15.4. The van der Waals surface area contributed by atoms with E-state index in [0.717, 1.165) is 25.1 Å². The Morgan fingerprint density at radius 3 is 2.72 bits per heavy atom. The Labute approximate surface area is 185 Å². The number of nitrogens with one attached hydrogen (secondary N) is 1. The Hall–Kier alpha value is -3.85. The van der Waals surface area contributed by atoms with E-state index in [1.807, 2.05) is 6.07 Å². The first-order valence-corrected chi connectivity index (χ1v) is 10.4. The molecule has 32 heavy (non-hydrogen) atoms. The minimum absolute atomic E-state index is 0.0719. The number of carbonyl (C=O) groups excluding carboxylic acids is 2. The maximum Gasteiger partial charge on any atom is 0.276 e. The molecule has 9 heteroatoms. The van der Waals surface area contributed by atoms with Crippen LogP contribution in [-0.2, 0) is 0 Å². The van der Waals surface area contributed by atoms with Gasteiger partial charge in [0.15, 0.2) is 11.5 Å². The van der Waals surface area contributed by atoms with Crippen LogP contribution in [0.25, 0.3) is 11.4 Å². The van der Waals surface area contributed by atoms with Crippen molar-refractivity contribution in [1.82, 2.24) is 15.0 Å². The number of nitrogen functional groups attached to an aromatic ring is 1. The van der Waals surface area contributed by atoms with E-state index in [1.165, 1.54) is 6.92 Å². The number of hydrogen-bond donors (Lipinski definition) is 3. The van der Waals surface area contributed by atoms with Gasteiger partial charge >= 0.3 is 0 Å². The van der Waals surface area contributed by atoms with Crippen molar-refractivity contribution in [2.75, 3.05) is 29.0 Å². The van der Waals surface area contributed by atoms with E-state index in [-0.39, 0.29) is 23.2 Å². The SMILES string of the molecule is CC(=O)c1cccc(-c2ccc(N)c(C(=O)Nc3cnccc3N3CCC[C@H](N)C3)n2)n1. The highest BCUT2D eigenvalue weighted by Gasteiger charge is 2.21. The van der Waals surface area contributed by atoms with Crippen LogP contribution in [-0.4, -0.2) is 45.8 Å². The van der Waals surface area contributed by atoms with Crippen LogP contribution < -0.4 is 21.7 Å². The number of nitrogens with two attached hydrogens (primary N) is 2. The van der Waals surface area contributed by atoms with E-state index in [1.54, 1.807) is 42.7 Å². The van der Waals surface area contributed by atoms with E-state index >= 15 is 0 Å². The summed E-state index contributed by atoms with van der Waals surface area (Å²) in [6.07, 6.45) is 5.26. The molecule has 3 aromatic rings. The molecule has 1 aliphatic heterocycles. The van der Waals surface area contributed by atoms with Gasteiger partial charge in [-0.05, 0) is 43.2 Å². The van der Waals surface area contributed by atoms with E-state index < -0.39 is 5.91 Å². The Kier molecular flexibility index (Phi) is 6.09. The van der Waals surface area contributed by atoms with Gasteiger partial charge in [0.1, 0.15) is 5.69 Å². The number of amides is 1. The molecule has 4 rings (SSSR count). The minimum atomic E-state index is -0.456. The van der Waals surface area contributed by atoms with Gasteiger partial charge in [0.25, 0.3) is 5.91 Å². The summed E-state index contributed by atoms with van der Waals surface area (Å²) in [6, 6.07) is 10.3. The quantitative estimate of drug-likeness (QED) is 0.524. The molecule has 1 atom stereocenters. The van der Waals surface area contributed by atoms with Crippen LogP contribution in [0.5, 0.6) is 0 Å². The molecule has 0 aliphatic carbocycles. The predicted octanol–water partition coefficient (Wildman–Crippen LogP) is 2.50. The highest BCUT2D eigenvalue weighted by atomic mass is 16.2. The molecule has 1 aliphatic rings. The van der Waals surface area contributed by atoms with Gasteiger partial charge in [-0.3, -0.25) is 14.6 Å². The fourth-order valence-corrected chi connectivity index (χ4v) is 3.74. The molecular weight excluding hydrogens is 406 g/mol. The third-order valence-corrected chi connectivity index (χ3v) is 5.36. The molecule has 1 saturated heterocycles. The standard InChI is InChI=1S/C23H25N7O2/c1-14(31)17-5-2-6-18(27-17)19-8-7-16(25)22(28-19)23(32)29-20-12-26-10-9-21(20)30-11-3-4-15(24)13-30/h2,5-10,12,15H,3-4,11,13,24-25H2,1H3,(H,29,32)/t15-/m0/s1. The summed E-state index contributed by atoms with van der Waals surface area (Å²) < 4.78 is 0. The third kappa shape index (κ3) is 4.57. The second-order valence-corrected chi connectivity index (χ2v) is 7.79. The molecule has 0 aromatic carbocycles. The molecule has 5 N–H and O–H groups in total. The lowest BCUT2D eigenvalue weighted by Gasteiger charge is -2.33. The van der Waals surface area contributed by atoms with Crippen LogP contribution in [0.4, 0.5) is 17.1 Å². The number of anilines is 3. The monoisotopic (exact) mass is 431 g/mol. The smallest absolute Gasteiger partial charge is 0.276 e. The van der Waals surface area contributed by atoms with Gasteiger partial charge in [0, 0.05) is 32.3 Å². The summed E-state index contributed by atoms with van der Waals surface area (Å²) in [7, 11) is 0. The molecule has 1 amide bonds. The minimum Gasteiger partial charge on any atom is -0.397 e. The summed E-state index contributed by atoms with van der Waals surface area (Å²) in [5.74, 6) is -0.607. The average Bonchev–Trinajstić information content (AvgIpc) is 2.79. The molecule has 0 saturated carbocycles. The lowest BCUT2D eigenvalue weighted by molar-refractivity contribution is 0.100. The number of rotatable bonds is 5. The third-order valence-electron chi connectivity index (χ3n) is 5.36. The molecule has 9 nitrogen and oxygen atoms in total. The van der Waals surface area contributed by atoms with Gasteiger partial charge in [-0.15, -0.1) is 0 Å². The van der Waals surface area contributed by atoms with Gasteiger partial charge in [0.05, 0.1) is 34.6 Å². The second kappa shape index (κ2) is 9.11. The zero-order valence-electron chi connectivity index (χ0n) is 17.8. The summed E-state index contributed by atoms with van der Waals surface area (Å²) >= 11 is 0. The zero-order chi connectivity index (χ0) is 22.7. The van der Waals surface area contributed by atoms with Crippen LogP contribution in [0.3, 0.4) is 0 Å². The van der Waals surface area contributed by atoms with E-state index in [0.29, 0.717) is 29.3 Å². The van der Waals surface area contributed by atoms with Crippen LogP contribution in [0, 0.1) is 0 Å². The molecule has 3 aromatic heterocycles. The topological polar surface area (TPSA) is 140 Å². The largest absolute Gasteiger partial charge is 0.397 e. The van der Waals surface area contributed by atoms with Gasteiger partial charge in [0.2, 0.25) is 0 Å². The fourth-order valence-electron chi connectivity index (χ4n) is 3.74. The lowest BCUT2D eigenvalue weighted by Crippen LogP contribution is -2.43. The number of carbonyl (C=O) groups is 2. The van der Waals surface area contributed by atoms with Gasteiger partial charge in [-0.25, -0.2) is 9.97 Å². The highest BCUT2D eigenvalue weighted by Crippen LogP contribution is 2.28. The molecule has 4 heterocycles. The van der Waals surface area contributed by atoms with Crippen molar-refractivity contribution in [3.63, 3.8) is 0 Å². The lowest BCUT2D eigenvalue weighted by atomic mass is 10.1. The number of piperidine rings is 1. The Morgan fingerprint density at radius 1 is 1.12 bits per heavy atom. The van der Waals surface area contributed by atoms with Crippen molar-refractivity contribution >= 4 is 28.8 Å². The van der Waals surface area contributed by atoms with Gasteiger partial charge in [-0.2, -0.15) is 0 Å². The van der Waals surface area contributed by atoms with Crippen molar-refractivity contribution in [3.8, 4) is 11.4 Å². The molecule has 0 radical (unpaired) electrons. The molecule has 1 fully saturated rings. The van der Waals surface area contributed by atoms with Crippen molar-refractivity contribution < 1.29 is 9.59 Å². The van der Waals surface area contributed by atoms with Crippen molar-refractivity contribution in [2.45, 2.75) is 25.8 Å². The van der Waals surface area contributed by atoms with Crippen LogP contribution in [0.2, 0.25) is 0 Å². The number of ketones is 1. The average molecular weight is 432 g/mol. The maximum atomic E-state index is 13.1. The molecule has 164 valence electrons. The molecule has 0 bridgehead atoms. The number of hydrogen-bond acceptors (Lipinski definition) is 8. The molecule has 0 unspecified atom stereocenters. The first kappa shape index (κ1) is 21.4. The van der Waals surface area contributed by atoms with E-state index in [2.05, 4.69) is 25.2 Å². The number of nitrogens with zero attached hydrogens (tertiary/aromatic N) is 4. The van der Waals surface area contributed by atoms with E-state index in [4.69, 9.17) is 11.5 Å². The normalized spacial score (nSPS) is 15.9. The predicted molar refractivity (Wildman–Crippen MR) is 123 cm³/mol. The van der Waals surface area contributed by atoms with Gasteiger partial charge < -0.3 is 21.7 Å². The number of aromatic nitrogens is 3. The van der Waals surface area contributed by atoms with Crippen LogP contribution in [0.15, 0.2) is 48.8 Å². The second-order valence-electron chi connectivity index (χ2n) is 7.79. The summed E-state index contributed by atoms with van der Waals surface area (Å²) in [5, 5.41) is 2.89. The first-order valence-electron chi connectivity index (χ1n) is 10.4. The summed E-state index contributed by atoms with van der Waals surface area (Å²) in [6.45, 7) is 3.01. The zero-order valence-corrected chi connectivity index (χ0v) is 17.8. The molecular formula is C23H25N7O2. The van der Waals surface area contributed by atoms with Crippen LogP contribution >= 0.6 is 0 Å². The van der Waals surface area contributed by atoms with E-state index in [9.17, 15) is 9.59 Å². The van der Waals surface area contributed by atoms with Crippen molar-refractivity contribution in [1.29, 1.82) is 0 Å². The van der Waals surface area contributed by atoms with Gasteiger partial charge in [-0.1, -0.05) is 6.07 Å². The van der Waals surface area contributed by atoms with Crippen molar-refractivity contribution in [2.24, 2.45) is 5.73 Å².